The number of carbonyl (C=O) groups excluding carboxylic acids is 3. The zero-order valence-corrected chi connectivity index (χ0v) is 40.3. The van der Waals surface area contributed by atoms with Gasteiger partial charge in [-0.15, -0.1) is 0 Å². The molecule has 9 nitrogen and oxygen atoms in total. The van der Waals surface area contributed by atoms with Crippen LogP contribution >= 0.6 is 0 Å². The Bertz CT molecular complexity index is 979. The summed E-state index contributed by atoms with van der Waals surface area (Å²) in [7, 11) is 3.93. The third kappa shape index (κ3) is 34.8. The molecule has 0 radical (unpaired) electrons. The van der Waals surface area contributed by atoms with Gasteiger partial charge in [0, 0.05) is 45.0 Å². The van der Waals surface area contributed by atoms with Gasteiger partial charge in [0.15, 0.2) is 0 Å². The summed E-state index contributed by atoms with van der Waals surface area (Å²) in [6.07, 6.45) is 37.5. The summed E-state index contributed by atoms with van der Waals surface area (Å²) in [4.78, 5) is 42.1. The second-order valence-corrected chi connectivity index (χ2v) is 18.4. The van der Waals surface area contributed by atoms with Crippen molar-refractivity contribution in [3.05, 3.63) is 0 Å². The number of rotatable bonds is 44. The van der Waals surface area contributed by atoms with Crippen molar-refractivity contribution < 1.29 is 33.3 Å². The van der Waals surface area contributed by atoms with Gasteiger partial charge < -0.3 is 23.8 Å². The van der Waals surface area contributed by atoms with E-state index in [4.69, 9.17) is 18.9 Å². The molecule has 0 saturated carbocycles. The first-order valence-electron chi connectivity index (χ1n) is 25.8. The highest BCUT2D eigenvalue weighted by Crippen LogP contribution is 2.23. The number of esters is 3. The zero-order valence-electron chi connectivity index (χ0n) is 40.3. The van der Waals surface area contributed by atoms with Gasteiger partial charge in [-0.05, 0) is 78.4 Å². The fourth-order valence-corrected chi connectivity index (χ4v) is 8.32. The van der Waals surface area contributed by atoms with Crippen LogP contribution in [0.25, 0.3) is 0 Å². The molecule has 0 aromatic rings. The lowest BCUT2D eigenvalue weighted by molar-refractivity contribution is -0.150. The lowest BCUT2D eigenvalue weighted by Gasteiger charge is -2.23. The molecular weight excluding hydrogens is 753 g/mol. The van der Waals surface area contributed by atoms with E-state index in [1.807, 2.05) is 19.0 Å². The van der Waals surface area contributed by atoms with Crippen LogP contribution in [0.1, 0.15) is 239 Å². The van der Waals surface area contributed by atoms with Gasteiger partial charge in [-0.1, -0.05) is 156 Å². The highest BCUT2D eigenvalue weighted by atomic mass is 16.5. The highest BCUT2D eigenvalue weighted by molar-refractivity contribution is 5.70. The molecule has 60 heavy (non-hydrogen) atoms. The first-order valence-corrected chi connectivity index (χ1v) is 25.8. The van der Waals surface area contributed by atoms with Gasteiger partial charge in [0.05, 0.1) is 19.6 Å². The van der Waals surface area contributed by atoms with E-state index < -0.39 is 0 Å². The van der Waals surface area contributed by atoms with Crippen molar-refractivity contribution in [3.8, 4) is 0 Å². The quantitative estimate of drug-likeness (QED) is 0.0337. The molecule has 0 aromatic heterocycles. The number of nitrogens with zero attached hydrogens (tertiary/aromatic N) is 2. The van der Waals surface area contributed by atoms with Gasteiger partial charge in [-0.2, -0.15) is 0 Å². The van der Waals surface area contributed by atoms with E-state index >= 15 is 0 Å². The summed E-state index contributed by atoms with van der Waals surface area (Å²) in [6.45, 7) is 10.9. The van der Waals surface area contributed by atoms with Gasteiger partial charge >= 0.3 is 17.9 Å². The largest absolute Gasteiger partial charge is 0.466 e. The van der Waals surface area contributed by atoms with Crippen molar-refractivity contribution >= 4 is 17.9 Å². The molecule has 0 spiro atoms. The van der Waals surface area contributed by atoms with Crippen LogP contribution in [0.5, 0.6) is 0 Å². The Morgan fingerprint density at radius 2 is 1.03 bits per heavy atom. The van der Waals surface area contributed by atoms with Crippen molar-refractivity contribution in [1.82, 2.24) is 9.80 Å². The van der Waals surface area contributed by atoms with E-state index in [0.717, 1.165) is 83.6 Å². The Morgan fingerprint density at radius 3 is 1.60 bits per heavy atom. The van der Waals surface area contributed by atoms with Crippen LogP contribution < -0.4 is 0 Å². The molecule has 1 rings (SSSR count). The normalized spacial score (nSPS) is 15.7. The van der Waals surface area contributed by atoms with Crippen LogP contribution in [0.3, 0.4) is 0 Å². The molecule has 1 aliphatic heterocycles. The molecule has 1 saturated heterocycles. The van der Waals surface area contributed by atoms with E-state index in [1.54, 1.807) is 0 Å². The first kappa shape index (κ1) is 56.3. The molecule has 0 bridgehead atoms. The third-order valence-corrected chi connectivity index (χ3v) is 12.2. The van der Waals surface area contributed by atoms with Crippen LogP contribution in [0.2, 0.25) is 0 Å². The molecular formula is C51H98N2O7. The minimum Gasteiger partial charge on any atom is -0.466 e. The van der Waals surface area contributed by atoms with Crippen LogP contribution in [-0.2, 0) is 33.3 Å². The van der Waals surface area contributed by atoms with Gasteiger partial charge in [-0.25, -0.2) is 0 Å². The van der Waals surface area contributed by atoms with E-state index in [1.165, 1.54) is 122 Å². The van der Waals surface area contributed by atoms with Crippen molar-refractivity contribution in [2.45, 2.75) is 257 Å². The van der Waals surface area contributed by atoms with Crippen LogP contribution in [0.15, 0.2) is 0 Å². The van der Waals surface area contributed by atoms with Gasteiger partial charge in [0.2, 0.25) is 0 Å². The summed E-state index contributed by atoms with van der Waals surface area (Å²) in [5, 5.41) is 0. The molecule has 0 aliphatic carbocycles. The maximum Gasteiger partial charge on any atom is 0.307 e. The Labute approximate surface area is 370 Å². The molecule has 0 amide bonds. The second kappa shape index (κ2) is 41.3. The number of hydrogen-bond donors (Lipinski definition) is 0. The molecule has 1 heterocycles. The Morgan fingerprint density at radius 1 is 0.550 bits per heavy atom. The SMILES string of the molecule is CCCCCCCCCCCOC(=O)CCCCN1CC(OC(=O)CCN(C)C)CC1COCCCCCCCC(=O)OC(CCCCCCCC)CCCCCCCC. The lowest BCUT2D eigenvalue weighted by atomic mass is 10.0. The van der Waals surface area contributed by atoms with Crippen molar-refractivity contribution in [2.24, 2.45) is 0 Å². The highest BCUT2D eigenvalue weighted by Gasteiger charge is 2.34. The summed E-state index contributed by atoms with van der Waals surface area (Å²) >= 11 is 0. The zero-order chi connectivity index (χ0) is 43.7. The minimum absolute atomic E-state index is 0.00706. The number of ether oxygens (including phenoxy) is 4. The molecule has 9 heteroatoms. The van der Waals surface area contributed by atoms with Gasteiger partial charge in [0.1, 0.15) is 12.2 Å². The average molecular weight is 851 g/mol. The number of hydrogen-bond acceptors (Lipinski definition) is 9. The molecule has 2 unspecified atom stereocenters. The summed E-state index contributed by atoms with van der Waals surface area (Å²) in [6, 6.07) is 0.201. The Balaban J connectivity index is 2.33. The minimum atomic E-state index is -0.139. The lowest BCUT2D eigenvalue weighted by Crippen LogP contribution is -2.34. The predicted molar refractivity (Wildman–Crippen MR) is 249 cm³/mol. The maximum atomic E-state index is 12.8. The summed E-state index contributed by atoms with van der Waals surface area (Å²) in [5.41, 5.74) is 0. The summed E-state index contributed by atoms with van der Waals surface area (Å²) in [5.74, 6) is -0.235. The molecule has 1 aliphatic rings. The van der Waals surface area contributed by atoms with E-state index in [-0.39, 0.29) is 36.2 Å². The monoisotopic (exact) mass is 851 g/mol. The summed E-state index contributed by atoms with van der Waals surface area (Å²) < 4.78 is 23.6. The van der Waals surface area contributed by atoms with Crippen molar-refractivity contribution in [1.29, 1.82) is 0 Å². The number of likely N-dealkylation sites (tertiary alicyclic amines) is 1. The molecule has 1 fully saturated rings. The molecule has 0 aromatic carbocycles. The fraction of sp³-hybridized carbons (Fsp3) is 0.941. The second-order valence-electron chi connectivity index (χ2n) is 18.4. The topological polar surface area (TPSA) is 94.6 Å². The van der Waals surface area contributed by atoms with Gasteiger partial charge in [-0.3, -0.25) is 19.3 Å². The molecule has 2 atom stereocenters. The third-order valence-electron chi connectivity index (χ3n) is 12.2. The fourth-order valence-electron chi connectivity index (χ4n) is 8.32. The van der Waals surface area contributed by atoms with E-state index in [0.29, 0.717) is 52.2 Å². The maximum absolute atomic E-state index is 12.8. The molecule has 0 N–H and O–H groups in total. The van der Waals surface area contributed by atoms with E-state index in [2.05, 4.69) is 25.7 Å². The van der Waals surface area contributed by atoms with E-state index in [9.17, 15) is 14.4 Å². The first-order chi connectivity index (χ1) is 29.3. The van der Waals surface area contributed by atoms with Crippen LogP contribution in [-0.4, -0.2) is 99.5 Å². The van der Waals surface area contributed by atoms with Crippen LogP contribution in [0, 0.1) is 0 Å². The number of carbonyl (C=O) groups is 3. The smallest absolute Gasteiger partial charge is 0.307 e. The van der Waals surface area contributed by atoms with Crippen molar-refractivity contribution in [3.63, 3.8) is 0 Å². The average Bonchev–Trinajstić information content (AvgIpc) is 3.61. The predicted octanol–water partition coefficient (Wildman–Crippen LogP) is 12.9. The van der Waals surface area contributed by atoms with Gasteiger partial charge in [0.25, 0.3) is 0 Å². The van der Waals surface area contributed by atoms with Crippen LogP contribution in [0.4, 0.5) is 0 Å². The number of unbranched alkanes of at least 4 members (excludes halogenated alkanes) is 23. The Kier molecular flexibility index (Phi) is 38.8. The van der Waals surface area contributed by atoms with Crippen molar-refractivity contribution in [2.75, 3.05) is 53.6 Å². The Hall–Kier alpha value is -1.71. The molecule has 354 valence electrons. The standard InChI is InChI=1S/C51H98N2O7/c1-6-9-12-15-18-19-20-26-33-42-58-49(54)36-30-31-39-53-44-48(60-51(56)38-40-52(4)5)43-46(53)45-57-41-32-25-21-24-29-37-50(55)59-47(34-27-22-16-13-10-7-2)35-28-23-17-14-11-8-3/h46-48H,6-45H2,1-5H3.